The maximum Gasteiger partial charge on any atom is 0.256 e. The van der Waals surface area contributed by atoms with Gasteiger partial charge >= 0.3 is 0 Å². The zero-order chi connectivity index (χ0) is 66.0. The Bertz CT molecular complexity index is 4080. The van der Waals surface area contributed by atoms with Crippen molar-refractivity contribution in [3.8, 4) is 0 Å². The average Bonchev–Trinajstić information content (AvgIpc) is 1.67. The number of anilines is 4. The molecule has 7 N–H and O–H groups in total. The number of fused-ring (bicyclic) bond motifs is 4. The fourth-order valence-electron chi connectivity index (χ4n) is 12.0. The molecule has 0 saturated carbocycles. The molecule has 0 radical (unpaired) electrons. The SMILES string of the molecule is C.C.CCC1OC(n2cnc3c(N)ncnc32)CC1C.CCC1OC(n2cnc3c(NC(=O)CC(=O)NC)ncnc32)CC1C.CCC1OC(n2cnc3c(NC(=O)CC(C)=O)ncnc32)CC1C.CCC1OC(n2cnc3c(NC(=O)c4ccccc4)ncnc32)CC1O. The lowest BCUT2D eigenvalue weighted by atomic mass is 10.0. The summed E-state index contributed by atoms with van der Waals surface area (Å²) >= 11 is 0. The van der Waals surface area contributed by atoms with Crippen LogP contribution in [0, 0.1) is 17.8 Å². The number of Topliss-reactive ketones (excluding diaryl/α,β-unsaturated/α-hetero) is 1. The first-order chi connectivity index (χ1) is 44.9. The second-order valence-electron chi connectivity index (χ2n) is 23.5. The van der Waals surface area contributed by atoms with Crippen molar-refractivity contribution in [3.05, 3.63) is 86.5 Å². The van der Waals surface area contributed by atoms with Crippen LogP contribution in [0.3, 0.4) is 0 Å². The molecule has 1 aromatic carbocycles. The van der Waals surface area contributed by atoms with Crippen LogP contribution in [0.1, 0.15) is 170 Å². The van der Waals surface area contributed by atoms with E-state index in [4.69, 9.17) is 24.7 Å². The normalized spacial score (nSPS) is 23.5. The van der Waals surface area contributed by atoms with Crippen LogP contribution < -0.4 is 27.0 Å². The molecule has 4 saturated heterocycles. The standard InChI is InChI=1S/C18H19N5O3.C16H22N6O3.C16H21N5O3.C12H17N5O.2CH4/c1-2-13-12(24)8-14(26-13)23-10-21-15-16(19-9-20-17(15)23)22-18(25)11-6-4-3-5-7-11;1-4-10-9(2)5-13(25-10)22-8-20-14-15(18-7-19-16(14)22)21-12(24)6-11(23)17-3;1-4-11-9(2)5-13(24-11)21-8-19-14-15(17-7-18-16(14)21)20-12(23)6-10(3)22;1-3-8-7(2)4-9(18-8)17-6-16-10-11(13)14-5-15-12(10)17;;/h3-7,9-10,12-14,24H,2,8H2,1H3,(H,19,20,22,25);7-10,13H,4-6H2,1-3H3,(H,17,23)(H,18,19,21,24);7-9,11,13H,4-6H2,1-3H3,(H,17,18,20,23);5-9H,3-4H2,1-2H3,(H2,13,14,15);2*1H4. The van der Waals surface area contributed by atoms with E-state index in [0.717, 1.165) is 50.6 Å². The van der Waals surface area contributed by atoms with Gasteiger partial charge in [-0.25, -0.2) is 59.8 Å². The first-order valence-corrected chi connectivity index (χ1v) is 31.3. The highest BCUT2D eigenvalue weighted by Crippen LogP contribution is 2.40. The molecule has 0 bridgehead atoms. The largest absolute Gasteiger partial charge is 0.390 e. The van der Waals surface area contributed by atoms with Gasteiger partial charge in [-0.3, -0.25) is 42.2 Å². The van der Waals surface area contributed by atoms with Gasteiger partial charge in [-0.15, -0.1) is 0 Å². The van der Waals surface area contributed by atoms with Crippen molar-refractivity contribution in [1.29, 1.82) is 0 Å². The summed E-state index contributed by atoms with van der Waals surface area (Å²) in [5.74, 6) is 1.13. The third-order valence-electron chi connectivity index (χ3n) is 16.9. The highest BCUT2D eigenvalue weighted by Gasteiger charge is 2.37. The highest BCUT2D eigenvalue weighted by molar-refractivity contribution is 6.07. The molecular weight excluding hydrogens is 1220 g/mol. The number of aromatic nitrogens is 16. The van der Waals surface area contributed by atoms with Gasteiger partial charge in [0.1, 0.15) is 67.9 Å². The number of carbonyl (C=O) groups is 5. The number of nitrogens with one attached hydrogen (secondary N) is 4. The van der Waals surface area contributed by atoms with Gasteiger partial charge in [0.15, 0.2) is 62.4 Å². The van der Waals surface area contributed by atoms with E-state index in [0.29, 0.717) is 92.3 Å². The van der Waals surface area contributed by atoms with Crippen LogP contribution in [0.5, 0.6) is 0 Å². The molecule has 12 heterocycles. The van der Waals surface area contributed by atoms with Crippen molar-refractivity contribution in [2.75, 3.05) is 28.7 Å². The van der Waals surface area contributed by atoms with Gasteiger partial charge in [0.25, 0.3) is 5.91 Å². The molecule has 31 heteroatoms. The summed E-state index contributed by atoms with van der Waals surface area (Å²) in [5.41, 5.74) is 10.9. The quantitative estimate of drug-likeness (QED) is 0.0494. The van der Waals surface area contributed by atoms with Crippen molar-refractivity contribution in [2.24, 2.45) is 17.8 Å². The lowest BCUT2D eigenvalue weighted by Crippen LogP contribution is -2.25. The topological polar surface area (TPSA) is 391 Å². The Kier molecular flexibility index (Phi) is 24.2. The summed E-state index contributed by atoms with van der Waals surface area (Å²) in [6.07, 6.45) is 18.2. The molecular formula is C64H87N21O10. The van der Waals surface area contributed by atoms with E-state index in [2.05, 4.69) is 123 Å². The Morgan fingerprint density at radius 2 is 0.842 bits per heavy atom. The number of nitrogens with two attached hydrogens (primary N) is 1. The number of nitrogens with zero attached hydrogens (tertiary/aromatic N) is 16. The predicted octanol–water partition coefficient (Wildman–Crippen LogP) is 8.46. The molecule has 0 spiro atoms. The number of rotatable bonds is 16. The fraction of sp³-hybridized carbons (Fsp3) is 0.516. The summed E-state index contributed by atoms with van der Waals surface area (Å²) in [5, 5.41) is 20.5. The van der Waals surface area contributed by atoms with E-state index >= 15 is 0 Å². The number of ketones is 1. The van der Waals surface area contributed by atoms with E-state index in [1.165, 1.54) is 39.3 Å². The predicted molar refractivity (Wildman–Crippen MR) is 354 cm³/mol. The maximum atomic E-state index is 12.4. The first-order valence-electron chi connectivity index (χ1n) is 31.3. The van der Waals surface area contributed by atoms with Crippen molar-refractivity contribution < 1.29 is 48.0 Å². The average molecular weight is 1310 g/mol. The van der Waals surface area contributed by atoms with E-state index in [1.54, 1.807) is 54.1 Å². The van der Waals surface area contributed by atoms with Crippen LogP contribution in [0.2, 0.25) is 0 Å². The Labute approximate surface area is 549 Å². The van der Waals surface area contributed by atoms with Crippen molar-refractivity contribution in [3.63, 3.8) is 0 Å². The molecule has 8 aromatic heterocycles. The number of nitrogen functional groups attached to an aromatic ring is 1. The number of hydrogen-bond acceptors (Lipinski definition) is 23. The van der Waals surface area contributed by atoms with Crippen molar-refractivity contribution in [1.82, 2.24) is 83.4 Å². The van der Waals surface area contributed by atoms with Gasteiger partial charge in [0.2, 0.25) is 17.7 Å². The Morgan fingerprint density at radius 1 is 0.484 bits per heavy atom. The molecule has 0 aliphatic carbocycles. The molecule has 95 heavy (non-hydrogen) atoms. The van der Waals surface area contributed by atoms with Crippen molar-refractivity contribution in [2.45, 2.75) is 190 Å². The lowest BCUT2D eigenvalue weighted by molar-refractivity contribution is -0.127. The van der Waals surface area contributed by atoms with Gasteiger partial charge in [0.05, 0.1) is 62.2 Å². The van der Waals surface area contributed by atoms with E-state index in [9.17, 15) is 29.1 Å². The molecule has 4 aliphatic heterocycles. The van der Waals surface area contributed by atoms with E-state index in [-0.39, 0.29) is 94.3 Å². The third-order valence-corrected chi connectivity index (χ3v) is 16.9. The van der Waals surface area contributed by atoms with E-state index in [1.807, 2.05) is 26.7 Å². The molecule has 4 amide bonds. The van der Waals surface area contributed by atoms with Gasteiger partial charge in [0, 0.05) is 19.0 Å². The number of aliphatic hydroxyl groups is 1. The molecule has 31 nitrogen and oxygen atoms in total. The second-order valence-corrected chi connectivity index (χ2v) is 23.5. The van der Waals surface area contributed by atoms with Crippen molar-refractivity contribution >= 4 is 97.3 Å². The minimum Gasteiger partial charge on any atom is -0.390 e. The summed E-state index contributed by atoms with van der Waals surface area (Å²) < 4.78 is 31.6. The van der Waals surface area contributed by atoms with Crippen LogP contribution in [0.4, 0.5) is 23.3 Å². The van der Waals surface area contributed by atoms with Gasteiger partial charge in [-0.1, -0.05) is 81.5 Å². The Morgan fingerprint density at radius 3 is 1.22 bits per heavy atom. The monoisotopic (exact) mass is 1310 g/mol. The van der Waals surface area contributed by atoms with Gasteiger partial charge in [-0.05, 0) is 81.8 Å². The zero-order valence-corrected chi connectivity index (χ0v) is 53.4. The first kappa shape index (κ1) is 71.4. The molecule has 12 atom stereocenters. The highest BCUT2D eigenvalue weighted by atomic mass is 16.5. The number of hydrogen-bond donors (Lipinski definition) is 6. The number of imidazole rings is 4. The molecule has 508 valence electrons. The summed E-state index contributed by atoms with van der Waals surface area (Å²) in [6, 6.07) is 8.90. The third kappa shape index (κ3) is 16.2. The van der Waals surface area contributed by atoms with Gasteiger partial charge < -0.3 is 51.1 Å². The lowest BCUT2D eigenvalue weighted by Gasteiger charge is -2.14. The smallest absolute Gasteiger partial charge is 0.256 e. The Hall–Kier alpha value is -9.43. The molecule has 4 aliphatic rings. The number of ether oxygens (including phenoxy) is 4. The van der Waals surface area contributed by atoms with Crippen LogP contribution in [0.15, 0.2) is 81.0 Å². The number of aliphatic hydroxyl groups excluding tert-OH is 1. The molecule has 9 aromatic rings. The van der Waals surface area contributed by atoms with Gasteiger partial charge in [-0.2, -0.15) is 0 Å². The number of carbonyl (C=O) groups excluding carboxylic acids is 5. The molecule has 12 unspecified atom stereocenters. The summed E-state index contributed by atoms with van der Waals surface area (Å²) in [6.45, 7) is 16.3. The molecule has 4 fully saturated rings. The maximum absolute atomic E-state index is 12.4. The van der Waals surface area contributed by atoms with Crippen LogP contribution in [-0.4, -0.2) is 150 Å². The molecule has 13 rings (SSSR count). The second kappa shape index (κ2) is 32.1. The van der Waals surface area contributed by atoms with E-state index < -0.39 is 17.9 Å². The zero-order valence-electron chi connectivity index (χ0n) is 53.4. The minimum absolute atomic E-state index is 0. The minimum atomic E-state index is -0.512. The number of benzene rings is 1. The summed E-state index contributed by atoms with van der Waals surface area (Å²) in [7, 11) is 1.48. The fourth-order valence-corrected chi connectivity index (χ4v) is 12.0. The Balaban J connectivity index is 0.000000162. The summed E-state index contributed by atoms with van der Waals surface area (Å²) in [4.78, 5) is 109. The van der Waals surface area contributed by atoms with Crippen LogP contribution >= 0.6 is 0 Å². The van der Waals surface area contributed by atoms with Crippen LogP contribution in [-0.2, 0) is 38.1 Å². The van der Waals surface area contributed by atoms with Crippen LogP contribution in [0.25, 0.3) is 44.7 Å². The number of amides is 4.